The number of anilines is 1. The fraction of sp³-hybridized carbons (Fsp3) is 0.250. The van der Waals surface area contributed by atoms with E-state index in [-0.39, 0.29) is 12.5 Å². The summed E-state index contributed by atoms with van der Waals surface area (Å²) in [5, 5.41) is 15.6. The minimum absolute atomic E-state index is 0.0598. The molecule has 5 nitrogen and oxygen atoms in total. The van der Waals surface area contributed by atoms with Gasteiger partial charge in [0.15, 0.2) is 5.69 Å². The summed E-state index contributed by atoms with van der Waals surface area (Å²) in [5.74, 6) is 5.63. The number of carbonyl (C=O) groups is 1. The summed E-state index contributed by atoms with van der Waals surface area (Å²) in [6, 6.07) is 7.19. The second kappa shape index (κ2) is 6.73. The summed E-state index contributed by atoms with van der Waals surface area (Å²) in [7, 11) is 1.76. The maximum Gasteiger partial charge on any atom is 0.276 e. The predicted molar refractivity (Wildman–Crippen MR) is 80.9 cm³/mol. The molecule has 1 aromatic carbocycles. The van der Waals surface area contributed by atoms with E-state index in [1.807, 2.05) is 19.1 Å². The lowest BCUT2D eigenvalue weighted by molar-refractivity contribution is 0.102. The summed E-state index contributed by atoms with van der Waals surface area (Å²) < 4.78 is 1.58. The Morgan fingerprint density at radius 1 is 1.43 bits per heavy atom. The van der Waals surface area contributed by atoms with Crippen molar-refractivity contribution in [1.29, 1.82) is 0 Å². The molecule has 0 bridgehead atoms. The predicted octanol–water partition coefficient (Wildman–Crippen LogP) is 1.71. The van der Waals surface area contributed by atoms with Gasteiger partial charge in [0.1, 0.15) is 0 Å². The first-order valence-electron chi connectivity index (χ1n) is 6.61. The number of aliphatic hydroxyl groups excluding tert-OH is 1. The normalized spacial score (nSPS) is 9.86. The van der Waals surface area contributed by atoms with Crippen molar-refractivity contribution in [3.05, 3.63) is 47.3 Å². The van der Waals surface area contributed by atoms with Crippen molar-refractivity contribution in [3.8, 4) is 11.8 Å². The maximum atomic E-state index is 12.0. The number of aryl methyl sites for hydroxylation is 2. The van der Waals surface area contributed by atoms with E-state index in [9.17, 15) is 4.79 Å². The number of carbonyl (C=O) groups excluding carboxylic acids is 1. The number of hydrogen-bond donors (Lipinski definition) is 2. The zero-order valence-corrected chi connectivity index (χ0v) is 12.1. The maximum absolute atomic E-state index is 12.0. The Morgan fingerprint density at radius 2 is 2.24 bits per heavy atom. The van der Waals surface area contributed by atoms with E-state index in [2.05, 4.69) is 22.3 Å². The van der Waals surface area contributed by atoms with Gasteiger partial charge in [0.25, 0.3) is 5.91 Å². The summed E-state index contributed by atoms with van der Waals surface area (Å²) >= 11 is 0. The second-order valence-electron chi connectivity index (χ2n) is 4.63. The van der Waals surface area contributed by atoms with Gasteiger partial charge in [-0.1, -0.05) is 11.8 Å². The van der Waals surface area contributed by atoms with E-state index in [1.54, 1.807) is 30.1 Å². The van der Waals surface area contributed by atoms with Crippen LogP contribution in [-0.2, 0) is 7.05 Å². The average molecular weight is 283 g/mol. The van der Waals surface area contributed by atoms with Crippen molar-refractivity contribution >= 4 is 11.6 Å². The van der Waals surface area contributed by atoms with Crippen molar-refractivity contribution < 1.29 is 9.90 Å². The van der Waals surface area contributed by atoms with Crippen molar-refractivity contribution in [1.82, 2.24) is 9.78 Å². The minimum atomic E-state index is -0.242. The van der Waals surface area contributed by atoms with E-state index in [4.69, 9.17) is 5.11 Å². The standard InChI is InChI=1S/C16H17N3O2/c1-12-11-14(7-6-13(12)5-3-4-10-20)17-16(21)15-8-9-19(2)18-15/h6-9,11,20H,4,10H2,1-2H3,(H,17,21). The molecule has 0 saturated carbocycles. The van der Waals surface area contributed by atoms with Crippen molar-refractivity contribution in [3.63, 3.8) is 0 Å². The van der Waals surface area contributed by atoms with Gasteiger partial charge in [-0.2, -0.15) is 5.10 Å². The van der Waals surface area contributed by atoms with Crippen LogP contribution in [0.25, 0.3) is 0 Å². The third-order valence-corrected chi connectivity index (χ3v) is 2.89. The van der Waals surface area contributed by atoms with E-state index >= 15 is 0 Å². The van der Waals surface area contributed by atoms with Gasteiger partial charge in [-0.3, -0.25) is 9.48 Å². The number of rotatable bonds is 3. The molecular formula is C16H17N3O2. The molecule has 0 aliphatic heterocycles. The summed E-state index contributed by atoms with van der Waals surface area (Å²) in [6.45, 7) is 1.99. The number of hydrogen-bond acceptors (Lipinski definition) is 3. The van der Waals surface area contributed by atoms with E-state index in [1.165, 1.54) is 0 Å². The van der Waals surface area contributed by atoms with Crippen LogP contribution in [-0.4, -0.2) is 27.4 Å². The van der Waals surface area contributed by atoms with E-state index in [0.29, 0.717) is 17.8 Å². The molecule has 0 spiro atoms. The fourth-order valence-corrected chi connectivity index (χ4v) is 1.83. The highest BCUT2D eigenvalue weighted by molar-refractivity contribution is 6.02. The third-order valence-electron chi connectivity index (χ3n) is 2.89. The Labute approximate surface area is 123 Å². The van der Waals surface area contributed by atoms with Crippen LogP contribution >= 0.6 is 0 Å². The number of aliphatic hydroxyl groups is 1. The Bertz CT molecular complexity index is 708. The van der Waals surface area contributed by atoms with Gasteiger partial charge in [0, 0.05) is 30.9 Å². The zero-order valence-electron chi connectivity index (χ0n) is 12.1. The third kappa shape index (κ3) is 3.94. The summed E-state index contributed by atoms with van der Waals surface area (Å²) in [5.41, 5.74) is 2.94. The Kier molecular flexibility index (Phi) is 4.75. The molecule has 0 aliphatic carbocycles. The lowest BCUT2D eigenvalue weighted by Crippen LogP contribution is -2.13. The first-order chi connectivity index (χ1) is 10.1. The molecule has 0 radical (unpaired) electrons. The van der Waals surface area contributed by atoms with Crippen LogP contribution in [0.3, 0.4) is 0 Å². The van der Waals surface area contributed by atoms with Gasteiger partial charge in [-0.15, -0.1) is 0 Å². The van der Waals surface area contributed by atoms with Gasteiger partial charge in [-0.05, 0) is 36.8 Å². The highest BCUT2D eigenvalue weighted by Gasteiger charge is 2.09. The van der Waals surface area contributed by atoms with E-state index < -0.39 is 0 Å². The van der Waals surface area contributed by atoms with Gasteiger partial charge in [0.2, 0.25) is 0 Å². The molecule has 0 atom stereocenters. The molecule has 0 fully saturated rings. The number of aromatic nitrogens is 2. The molecule has 2 aromatic rings. The van der Waals surface area contributed by atoms with Crippen molar-refractivity contribution in [2.75, 3.05) is 11.9 Å². The van der Waals surface area contributed by atoms with Crippen LogP contribution in [0.2, 0.25) is 0 Å². The monoisotopic (exact) mass is 283 g/mol. The Hall–Kier alpha value is -2.58. The summed E-state index contributed by atoms with van der Waals surface area (Å²) in [4.78, 5) is 12.0. The molecule has 1 aromatic heterocycles. The smallest absolute Gasteiger partial charge is 0.276 e. The molecule has 0 saturated heterocycles. The van der Waals surface area contributed by atoms with Crippen LogP contribution in [0.4, 0.5) is 5.69 Å². The van der Waals surface area contributed by atoms with Crippen molar-refractivity contribution in [2.24, 2.45) is 7.05 Å². The van der Waals surface area contributed by atoms with Crippen LogP contribution in [0.15, 0.2) is 30.5 Å². The lowest BCUT2D eigenvalue weighted by atomic mass is 10.1. The quantitative estimate of drug-likeness (QED) is 0.843. The average Bonchev–Trinajstić information content (AvgIpc) is 2.88. The first-order valence-corrected chi connectivity index (χ1v) is 6.61. The molecule has 1 amide bonds. The number of benzene rings is 1. The van der Waals surface area contributed by atoms with Gasteiger partial charge < -0.3 is 10.4 Å². The SMILES string of the molecule is Cc1cc(NC(=O)c2ccn(C)n2)ccc1C#CCCO. The molecule has 108 valence electrons. The van der Waals surface area contributed by atoms with Gasteiger partial charge >= 0.3 is 0 Å². The Balaban J connectivity index is 2.10. The van der Waals surface area contributed by atoms with Gasteiger partial charge in [-0.25, -0.2) is 0 Å². The number of nitrogens with zero attached hydrogens (tertiary/aromatic N) is 2. The Morgan fingerprint density at radius 3 is 2.86 bits per heavy atom. The number of nitrogens with one attached hydrogen (secondary N) is 1. The topological polar surface area (TPSA) is 67.2 Å². The molecule has 2 N–H and O–H groups in total. The molecule has 1 heterocycles. The molecular weight excluding hydrogens is 266 g/mol. The van der Waals surface area contributed by atoms with Crippen LogP contribution in [0.1, 0.15) is 28.0 Å². The lowest BCUT2D eigenvalue weighted by Gasteiger charge is -2.05. The fourth-order valence-electron chi connectivity index (χ4n) is 1.83. The van der Waals surface area contributed by atoms with Crippen LogP contribution < -0.4 is 5.32 Å². The van der Waals surface area contributed by atoms with Crippen molar-refractivity contribution in [2.45, 2.75) is 13.3 Å². The second-order valence-corrected chi connectivity index (χ2v) is 4.63. The summed E-state index contributed by atoms with van der Waals surface area (Å²) in [6.07, 6.45) is 2.18. The first kappa shape index (κ1) is 14.8. The van der Waals surface area contributed by atoms with E-state index in [0.717, 1.165) is 11.1 Å². The largest absolute Gasteiger partial charge is 0.395 e. The van der Waals surface area contributed by atoms with Crippen LogP contribution in [0, 0.1) is 18.8 Å². The molecule has 5 heteroatoms. The van der Waals surface area contributed by atoms with Crippen LogP contribution in [0.5, 0.6) is 0 Å². The minimum Gasteiger partial charge on any atom is -0.395 e. The molecule has 0 aliphatic rings. The molecule has 2 rings (SSSR count). The highest BCUT2D eigenvalue weighted by Crippen LogP contribution is 2.15. The molecule has 0 unspecified atom stereocenters. The zero-order chi connectivity index (χ0) is 15.2. The van der Waals surface area contributed by atoms with Gasteiger partial charge in [0.05, 0.1) is 6.61 Å². The number of amides is 1. The molecule has 21 heavy (non-hydrogen) atoms. The highest BCUT2D eigenvalue weighted by atomic mass is 16.2.